The number of thiophene rings is 1. The minimum atomic E-state index is -0.303. The van der Waals surface area contributed by atoms with Gasteiger partial charge in [0, 0.05) is 31.1 Å². The van der Waals surface area contributed by atoms with Crippen LogP contribution in [-0.2, 0) is 14.3 Å². The zero-order chi connectivity index (χ0) is 20.9. The second-order valence-electron chi connectivity index (χ2n) is 7.00. The summed E-state index contributed by atoms with van der Waals surface area (Å²) < 4.78 is 11.1. The van der Waals surface area contributed by atoms with Gasteiger partial charge in [-0.15, -0.1) is 11.3 Å². The molecule has 3 heterocycles. The highest BCUT2D eigenvalue weighted by atomic mass is 32.1. The fourth-order valence-corrected chi connectivity index (χ4v) is 4.36. The summed E-state index contributed by atoms with van der Waals surface area (Å²) in [6, 6.07) is 11.2. The van der Waals surface area contributed by atoms with Gasteiger partial charge in [-0.25, -0.2) is 0 Å². The summed E-state index contributed by atoms with van der Waals surface area (Å²) in [5, 5.41) is 5.10. The molecule has 1 aromatic heterocycles. The molecule has 0 radical (unpaired) electrons. The molecule has 30 heavy (non-hydrogen) atoms. The molecular formula is C22H25N3O4S. The van der Waals surface area contributed by atoms with Crippen LogP contribution in [0.1, 0.15) is 11.8 Å². The summed E-state index contributed by atoms with van der Waals surface area (Å²) in [5.74, 6) is 0.0834. The molecule has 0 bridgehead atoms. The van der Waals surface area contributed by atoms with Crippen LogP contribution in [0.5, 0.6) is 5.75 Å². The van der Waals surface area contributed by atoms with Crippen molar-refractivity contribution in [1.29, 1.82) is 0 Å². The number of rotatable bonds is 8. The third-order valence-electron chi connectivity index (χ3n) is 5.13. The number of anilines is 1. The summed E-state index contributed by atoms with van der Waals surface area (Å²) in [6.07, 6.45) is 0. The van der Waals surface area contributed by atoms with E-state index in [-0.39, 0.29) is 11.8 Å². The van der Waals surface area contributed by atoms with Gasteiger partial charge < -0.3 is 14.8 Å². The number of nitrogens with one attached hydrogen (secondary N) is 1. The molecule has 2 amide bonds. The summed E-state index contributed by atoms with van der Waals surface area (Å²) in [6.45, 7) is 6.40. The zero-order valence-electron chi connectivity index (χ0n) is 16.9. The minimum absolute atomic E-state index is 0.257. The summed E-state index contributed by atoms with van der Waals surface area (Å²) >= 11 is 1.45. The van der Waals surface area contributed by atoms with Crippen LogP contribution in [0.4, 0.5) is 5.69 Å². The van der Waals surface area contributed by atoms with Crippen molar-refractivity contribution >= 4 is 34.4 Å². The van der Waals surface area contributed by atoms with Crippen LogP contribution in [-0.4, -0.2) is 67.6 Å². The van der Waals surface area contributed by atoms with Crippen molar-refractivity contribution in [3.63, 3.8) is 0 Å². The van der Waals surface area contributed by atoms with Gasteiger partial charge in [0.2, 0.25) is 0 Å². The number of benzene rings is 1. The first-order valence-electron chi connectivity index (χ1n) is 10.1. The molecule has 1 saturated heterocycles. The number of carbonyl (C=O) groups is 2. The molecule has 0 aliphatic carbocycles. The lowest BCUT2D eigenvalue weighted by Gasteiger charge is -2.28. The molecule has 1 N–H and O–H groups in total. The van der Waals surface area contributed by atoms with Crippen LogP contribution >= 0.6 is 11.3 Å². The van der Waals surface area contributed by atoms with Crippen molar-refractivity contribution in [2.45, 2.75) is 6.92 Å². The lowest BCUT2D eigenvalue weighted by atomic mass is 10.2. The van der Waals surface area contributed by atoms with Crippen molar-refractivity contribution in [2.75, 3.05) is 51.3 Å². The summed E-state index contributed by atoms with van der Waals surface area (Å²) in [5.41, 5.74) is 1.39. The van der Waals surface area contributed by atoms with Gasteiger partial charge in [-0.1, -0.05) is 18.2 Å². The molecule has 158 valence electrons. The number of para-hydroxylation sites is 2. The van der Waals surface area contributed by atoms with Crippen LogP contribution in [0, 0.1) is 0 Å². The molecule has 7 nitrogen and oxygen atoms in total. The van der Waals surface area contributed by atoms with Crippen LogP contribution in [0.2, 0.25) is 0 Å². The van der Waals surface area contributed by atoms with E-state index in [9.17, 15) is 9.59 Å². The van der Waals surface area contributed by atoms with E-state index in [2.05, 4.69) is 10.2 Å². The number of morpholine rings is 1. The van der Waals surface area contributed by atoms with Gasteiger partial charge in [0.15, 0.2) is 0 Å². The Bertz CT molecular complexity index is 936. The van der Waals surface area contributed by atoms with Crippen molar-refractivity contribution in [3.8, 4) is 5.75 Å². The van der Waals surface area contributed by atoms with Gasteiger partial charge in [0.25, 0.3) is 11.8 Å². The van der Waals surface area contributed by atoms with E-state index >= 15 is 0 Å². The zero-order valence-corrected chi connectivity index (χ0v) is 17.7. The molecule has 0 unspecified atom stereocenters. The maximum Gasteiger partial charge on any atom is 0.278 e. The van der Waals surface area contributed by atoms with E-state index in [0.717, 1.165) is 18.0 Å². The Balaban J connectivity index is 1.60. The van der Waals surface area contributed by atoms with Gasteiger partial charge in [0.05, 0.1) is 31.1 Å². The Morgan fingerprint density at radius 2 is 1.87 bits per heavy atom. The first-order chi connectivity index (χ1) is 14.7. The number of nitrogens with zero attached hydrogens (tertiary/aromatic N) is 2. The predicted molar refractivity (Wildman–Crippen MR) is 116 cm³/mol. The summed E-state index contributed by atoms with van der Waals surface area (Å²) in [7, 11) is 0. The Morgan fingerprint density at radius 3 is 2.60 bits per heavy atom. The second-order valence-corrected chi connectivity index (χ2v) is 7.95. The average Bonchev–Trinajstić information content (AvgIpc) is 3.36. The third-order valence-corrected chi connectivity index (χ3v) is 6.01. The highest BCUT2D eigenvalue weighted by Gasteiger charge is 2.39. The predicted octanol–water partition coefficient (Wildman–Crippen LogP) is 2.67. The quantitative estimate of drug-likeness (QED) is 0.653. The van der Waals surface area contributed by atoms with E-state index in [1.54, 1.807) is 0 Å². The minimum Gasteiger partial charge on any atom is -0.492 e. The number of carbonyl (C=O) groups excluding carboxylic acids is 2. The monoisotopic (exact) mass is 427 g/mol. The number of hydrogen-bond donors (Lipinski definition) is 1. The molecule has 0 saturated carbocycles. The fraction of sp³-hybridized carbons (Fsp3) is 0.364. The molecule has 2 aliphatic heterocycles. The third kappa shape index (κ3) is 4.26. The fourth-order valence-electron chi connectivity index (χ4n) is 3.60. The van der Waals surface area contributed by atoms with Gasteiger partial charge in [-0.3, -0.25) is 19.4 Å². The highest BCUT2D eigenvalue weighted by molar-refractivity contribution is 7.11. The maximum atomic E-state index is 13.3. The Labute approximate surface area is 179 Å². The molecular weight excluding hydrogens is 402 g/mol. The maximum absolute atomic E-state index is 13.3. The van der Waals surface area contributed by atoms with Gasteiger partial charge >= 0.3 is 0 Å². The highest BCUT2D eigenvalue weighted by Crippen LogP contribution is 2.34. The number of amides is 2. The Hall–Kier alpha value is -2.68. The van der Waals surface area contributed by atoms with Gasteiger partial charge in [-0.2, -0.15) is 0 Å². The number of hydrogen-bond acceptors (Lipinski definition) is 7. The molecule has 2 aromatic rings. The normalized spacial score (nSPS) is 17.7. The number of ether oxygens (including phenoxy) is 2. The smallest absolute Gasteiger partial charge is 0.278 e. The van der Waals surface area contributed by atoms with Gasteiger partial charge in [0.1, 0.15) is 11.4 Å². The Kier molecular flexibility index (Phi) is 6.47. The molecule has 8 heteroatoms. The van der Waals surface area contributed by atoms with Crippen molar-refractivity contribution in [2.24, 2.45) is 0 Å². The first kappa shape index (κ1) is 20.6. The molecule has 1 aromatic carbocycles. The molecule has 4 rings (SSSR count). The van der Waals surface area contributed by atoms with E-state index < -0.39 is 0 Å². The van der Waals surface area contributed by atoms with E-state index in [0.29, 0.717) is 55.6 Å². The van der Waals surface area contributed by atoms with Crippen molar-refractivity contribution < 1.29 is 19.1 Å². The van der Waals surface area contributed by atoms with E-state index in [4.69, 9.17) is 9.47 Å². The largest absolute Gasteiger partial charge is 0.492 e. The molecule has 0 spiro atoms. The number of imide groups is 1. The summed E-state index contributed by atoms with van der Waals surface area (Å²) in [4.78, 5) is 30.8. The molecule has 2 aliphatic rings. The average molecular weight is 428 g/mol. The lowest BCUT2D eigenvalue weighted by Crippen LogP contribution is -2.43. The van der Waals surface area contributed by atoms with E-state index in [1.165, 1.54) is 16.2 Å². The standard InChI is InChI=1S/C22H25N3O4S/c1-2-29-17-7-4-3-6-16(17)23-20-19(18-8-5-15-30-18)21(26)25(22(20)27)10-9-24-11-13-28-14-12-24/h3-8,15,23H,2,9-14H2,1H3. The van der Waals surface area contributed by atoms with Crippen LogP contribution in [0.3, 0.4) is 0 Å². The van der Waals surface area contributed by atoms with E-state index in [1.807, 2.05) is 48.7 Å². The van der Waals surface area contributed by atoms with Crippen LogP contribution in [0.25, 0.3) is 5.57 Å². The first-order valence-corrected chi connectivity index (χ1v) is 11.0. The second kappa shape index (κ2) is 9.42. The molecule has 0 atom stereocenters. The van der Waals surface area contributed by atoms with Crippen LogP contribution < -0.4 is 10.1 Å². The van der Waals surface area contributed by atoms with Crippen molar-refractivity contribution in [1.82, 2.24) is 9.80 Å². The van der Waals surface area contributed by atoms with Crippen LogP contribution in [0.15, 0.2) is 47.5 Å². The topological polar surface area (TPSA) is 71.1 Å². The molecule has 1 fully saturated rings. The van der Waals surface area contributed by atoms with Gasteiger partial charge in [-0.05, 0) is 30.5 Å². The SMILES string of the molecule is CCOc1ccccc1NC1=C(c2cccs2)C(=O)N(CCN2CCOCC2)C1=O. The van der Waals surface area contributed by atoms with Crippen molar-refractivity contribution in [3.05, 3.63) is 52.4 Å². The Morgan fingerprint density at radius 1 is 1.07 bits per heavy atom. The lowest BCUT2D eigenvalue weighted by molar-refractivity contribution is -0.137.